The highest BCUT2D eigenvalue weighted by atomic mass is 15.2. The van der Waals surface area contributed by atoms with Crippen molar-refractivity contribution in [2.24, 2.45) is 0 Å². The Kier molecular flexibility index (Phi) is 7.67. The molecule has 11 rings (SSSR count). The van der Waals surface area contributed by atoms with Crippen LogP contribution in [0.4, 0.5) is 28.4 Å². The maximum absolute atomic E-state index is 2.44. The van der Waals surface area contributed by atoms with Gasteiger partial charge in [-0.2, -0.15) is 0 Å². The number of nitrogens with zero attached hydrogens (tertiary/aromatic N) is 2. The summed E-state index contributed by atoms with van der Waals surface area (Å²) < 4.78 is 0. The highest BCUT2D eigenvalue weighted by Crippen LogP contribution is 2.52. The molecule has 56 heavy (non-hydrogen) atoms. The van der Waals surface area contributed by atoms with Crippen molar-refractivity contribution in [2.75, 3.05) is 9.80 Å². The quantitative estimate of drug-likeness (QED) is 0.158. The third-order valence-electron chi connectivity index (χ3n) is 11.7. The maximum Gasteiger partial charge on any atom is 0.0499 e. The van der Waals surface area contributed by atoms with E-state index in [0.29, 0.717) is 5.92 Å². The molecule has 0 saturated heterocycles. The Bertz CT molecular complexity index is 3000. The summed E-state index contributed by atoms with van der Waals surface area (Å²) in [5.74, 6) is 0.299. The first-order valence-corrected chi connectivity index (χ1v) is 19.5. The van der Waals surface area contributed by atoms with Crippen LogP contribution in [0, 0.1) is 0 Å². The van der Waals surface area contributed by atoms with Gasteiger partial charge in [-0.05, 0) is 133 Å². The molecule has 264 valence electrons. The molecular formula is C54H38N2. The first-order valence-electron chi connectivity index (χ1n) is 19.5. The first-order chi connectivity index (χ1) is 27.8. The molecule has 0 amide bonds. The monoisotopic (exact) mass is 714 g/mol. The number of fused-ring (bicyclic) bond motifs is 8. The van der Waals surface area contributed by atoms with Gasteiger partial charge in [0.1, 0.15) is 0 Å². The normalized spacial score (nSPS) is 14.5. The van der Waals surface area contributed by atoms with Gasteiger partial charge in [0.05, 0.1) is 0 Å². The molecule has 2 nitrogen and oxygen atoms in total. The van der Waals surface area contributed by atoms with Gasteiger partial charge in [0.25, 0.3) is 0 Å². The van der Waals surface area contributed by atoms with Crippen molar-refractivity contribution in [3.63, 3.8) is 0 Å². The molecule has 2 aliphatic rings. The van der Waals surface area contributed by atoms with Crippen LogP contribution in [0.1, 0.15) is 17.9 Å². The van der Waals surface area contributed by atoms with Gasteiger partial charge >= 0.3 is 0 Å². The number of rotatable bonds is 6. The minimum atomic E-state index is 0.299. The average molecular weight is 715 g/mol. The molecule has 0 aromatic heterocycles. The number of allylic oxidation sites excluding steroid dienone is 4. The van der Waals surface area contributed by atoms with E-state index in [2.05, 4.69) is 222 Å². The van der Waals surface area contributed by atoms with Gasteiger partial charge in [0.2, 0.25) is 0 Å². The Hall–Kier alpha value is -7.16. The van der Waals surface area contributed by atoms with E-state index in [9.17, 15) is 0 Å². The Morgan fingerprint density at radius 1 is 0.464 bits per heavy atom. The van der Waals surface area contributed by atoms with E-state index in [-0.39, 0.29) is 0 Å². The molecule has 0 N–H and O–H groups in total. The standard InChI is InChI=1S/C54H38N2/c1-3-14-37(15-4-1)40-17-13-20-44(34-40)55(45-32-33-53-51(36-45)48-23-11-12-25-52(48)56(53)42-18-5-2-6-19-42)43-30-28-39(29-31-43)50-35-41-27-26-38-16-7-8-21-46(38)54(41)49-24-10-9-22-47(49)50/h1-22,24-36,48H,23H2. The van der Waals surface area contributed by atoms with Gasteiger partial charge in [-0.25, -0.2) is 0 Å². The van der Waals surface area contributed by atoms with E-state index in [1.54, 1.807) is 0 Å². The second kappa shape index (κ2) is 13.3. The van der Waals surface area contributed by atoms with Crippen LogP contribution in [-0.4, -0.2) is 0 Å². The van der Waals surface area contributed by atoms with Crippen LogP contribution >= 0.6 is 0 Å². The number of hydrogen-bond donors (Lipinski definition) is 0. The van der Waals surface area contributed by atoms with Crippen LogP contribution < -0.4 is 9.80 Å². The molecule has 9 aromatic rings. The first kappa shape index (κ1) is 32.3. The van der Waals surface area contributed by atoms with E-state index < -0.39 is 0 Å². The van der Waals surface area contributed by atoms with Crippen LogP contribution in [-0.2, 0) is 0 Å². The van der Waals surface area contributed by atoms with Crippen molar-refractivity contribution < 1.29 is 0 Å². The molecule has 0 saturated carbocycles. The Morgan fingerprint density at radius 2 is 1.14 bits per heavy atom. The second-order valence-electron chi connectivity index (χ2n) is 14.9. The summed E-state index contributed by atoms with van der Waals surface area (Å²) >= 11 is 0. The Morgan fingerprint density at radius 3 is 1.98 bits per heavy atom. The van der Waals surface area contributed by atoms with Gasteiger partial charge in [0.15, 0.2) is 0 Å². The molecular weight excluding hydrogens is 677 g/mol. The SMILES string of the molecule is C1=CCC2C(=C1)N(c1ccccc1)c1ccc(N(c3ccc(-c4cc5ccc6ccccc6c5c5ccccc45)cc3)c3cccc(-c4ccccc4)c3)cc12. The minimum Gasteiger partial charge on any atom is -0.313 e. The summed E-state index contributed by atoms with van der Waals surface area (Å²) in [6, 6.07) is 71.1. The molecule has 0 bridgehead atoms. The summed E-state index contributed by atoms with van der Waals surface area (Å²) in [6.45, 7) is 0. The summed E-state index contributed by atoms with van der Waals surface area (Å²) in [7, 11) is 0. The highest BCUT2D eigenvalue weighted by Gasteiger charge is 2.35. The second-order valence-corrected chi connectivity index (χ2v) is 14.9. The molecule has 1 aliphatic carbocycles. The minimum absolute atomic E-state index is 0.299. The highest BCUT2D eigenvalue weighted by molar-refractivity contribution is 6.23. The van der Waals surface area contributed by atoms with Crippen LogP contribution in [0.3, 0.4) is 0 Å². The molecule has 0 radical (unpaired) electrons. The lowest BCUT2D eigenvalue weighted by Gasteiger charge is -2.27. The van der Waals surface area contributed by atoms with Gasteiger partial charge in [-0.3, -0.25) is 0 Å². The fourth-order valence-electron chi connectivity index (χ4n) is 9.11. The average Bonchev–Trinajstić information content (AvgIpc) is 3.61. The number of benzene rings is 9. The number of hydrogen-bond acceptors (Lipinski definition) is 2. The smallest absolute Gasteiger partial charge is 0.0499 e. The van der Waals surface area contributed by atoms with Gasteiger partial charge in [-0.1, -0.05) is 146 Å². The lowest BCUT2D eigenvalue weighted by Crippen LogP contribution is -2.14. The topological polar surface area (TPSA) is 6.48 Å². The van der Waals surface area contributed by atoms with Crippen LogP contribution in [0.2, 0.25) is 0 Å². The fourth-order valence-corrected chi connectivity index (χ4v) is 9.11. The van der Waals surface area contributed by atoms with E-state index in [1.165, 1.54) is 77.2 Å². The van der Waals surface area contributed by atoms with Crippen molar-refractivity contribution in [3.8, 4) is 22.3 Å². The zero-order valence-electron chi connectivity index (χ0n) is 30.9. The molecule has 2 heteroatoms. The van der Waals surface area contributed by atoms with Crippen molar-refractivity contribution in [1.82, 2.24) is 0 Å². The van der Waals surface area contributed by atoms with Crippen LogP contribution in [0.25, 0.3) is 54.6 Å². The fraction of sp³-hybridized carbons (Fsp3) is 0.0370. The number of anilines is 5. The largest absolute Gasteiger partial charge is 0.313 e. The molecule has 0 fully saturated rings. The molecule has 0 spiro atoms. The maximum atomic E-state index is 2.44. The van der Waals surface area contributed by atoms with Crippen LogP contribution in [0.5, 0.6) is 0 Å². The van der Waals surface area contributed by atoms with Gasteiger partial charge < -0.3 is 9.80 Å². The molecule has 1 atom stereocenters. The molecule has 1 aliphatic heterocycles. The van der Waals surface area contributed by atoms with E-state index in [0.717, 1.165) is 23.5 Å². The lowest BCUT2D eigenvalue weighted by molar-refractivity contribution is 0.819. The summed E-state index contributed by atoms with van der Waals surface area (Å²) in [6.07, 6.45) is 7.79. The zero-order valence-corrected chi connectivity index (χ0v) is 30.9. The molecule has 1 heterocycles. The van der Waals surface area contributed by atoms with Gasteiger partial charge in [0, 0.05) is 40.1 Å². The summed E-state index contributed by atoms with van der Waals surface area (Å²) in [4.78, 5) is 4.87. The van der Waals surface area contributed by atoms with Crippen molar-refractivity contribution in [2.45, 2.75) is 12.3 Å². The van der Waals surface area contributed by atoms with Crippen molar-refractivity contribution in [3.05, 3.63) is 224 Å². The van der Waals surface area contributed by atoms with Crippen LogP contribution in [0.15, 0.2) is 218 Å². The zero-order chi connectivity index (χ0) is 37.0. The number of para-hydroxylation sites is 1. The summed E-state index contributed by atoms with van der Waals surface area (Å²) in [5.41, 5.74) is 13.4. The van der Waals surface area contributed by atoms with E-state index >= 15 is 0 Å². The third kappa shape index (κ3) is 5.33. The van der Waals surface area contributed by atoms with Crippen molar-refractivity contribution in [1.29, 1.82) is 0 Å². The van der Waals surface area contributed by atoms with Gasteiger partial charge in [-0.15, -0.1) is 0 Å². The molecule has 1 unspecified atom stereocenters. The third-order valence-corrected chi connectivity index (χ3v) is 11.7. The Labute approximate surface area is 327 Å². The van der Waals surface area contributed by atoms with E-state index in [1.807, 2.05) is 0 Å². The predicted octanol–water partition coefficient (Wildman–Crippen LogP) is 15.0. The lowest BCUT2D eigenvalue weighted by atomic mass is 9.90. The Balaban J connectivity index is 1.06. The van der Waals surface area contributed by atoms with Crippen molar-refractivity contribution >= 4 is 60.8 Å². The summed E-state index contributed by atoms with van der Waals surface area (Å²) in [5, 5.41) is 7.69. The predicted molar refractivity (Wildman–Crippen MR) is 238 cm³/mol. The molecule has 9 aromatic carbocycles. The van der Waals surface area contributed by atoms with E-state index in [4.69, 9.17) is 0 Å².